The first-order chi connectivity index (χ1) is 18.5. The molecule has 1 aliphatic heterocycles. The van der Waals surface area contributed by atoms with Gasteiger partial charge in [-0.3, -0.25) is 9.78 Å². The highest BCUT2D eigenvalue weighted by atomic mass is 35.5. The lowest BCUT2D eigenvalue weighted by atomic mass is 10.1. The van der Waals surface area contributed by atoms with Crippen LogP contribution in [0.1, 0.15) is 21.5 Å². The second kappa shape index (κ2) is 12.5. The van der Waals surface area contributed by atoms with Crippen LogP contribution in [0, 0.1) is 0 Å². The number of nitrogens with one attached hydrogen (secondary N) is 1. The van der Waals surface area contributed by atoms with Crippen molar-refractivity contribution in [1.82, 2.24) is 20.3 Å². The molecule has 0 atom stereocenters. The average Bonchev–Trinajstić information content (AvgIpc) is 2.96. The van der Waals surface area contributed by atoms with E-state index in [-0.39, 0.29) is 5.91 Å². The Balaban J connectivity index is 1.19. The Morgan fingerprint density at radius 1 is 0.868 bits per heavy atom. The summed E-state index contributed by atoms with van der Waals surface area (Å²) in [4.78, 5) is 30.3. The second-order valence-electron chi connectivity index (χ2n) is 8.78. The normalized spacial score (nSPS) is 13.4. The van der Waals surface area contributed by atoms with Crippen molar-refractivity contribution >= 4 is 52.4 Å². The van der Waals surface area contributed by atoms with Gasteiger partial charge in [0.15, 0.2) is 5.16 Å². The highest BCUT2D eigenvalue weighted by Gasteiger charge is 2.21. The van der Waals surface area contributed by atoms with Crippen molar-refractivity contribution in [2.75, 3.05) is 36.0 Å². The zero-order valence-corrected chi connectivity index (χ0v) is 22.9. The second-order valence-corrected chi connectivity index (χ2v) is 10.5. The van der Waals surface area contributed by atoms with Crippen molar-refractivity contribution in [1.29, 1.82) is 0 Å². The number of aromatic nitrogens is 3. The number of para-hydroxylation sites is 1. The molecule has 1 aliphatic rings. The number of amides is 1. The maximum atomic E-state index is 12.6. The summed E-state index contributed by atoms with van der Waals surface area (Å²) in [6.45, 7) is 3.73. The van der Waals surface area contributed by atoms with E-state index in [9.17, 15) is 4.79 Å². The van der Waals surface area contributed by atoms with Crippen molar-refractivity contribution in [3.8, 4) is 0 Å². The van der Waals surface area contributed by atoms with Gasteiger partial charge in [-0.1, -0.05) is 59.2 Å². The van der Waals surface area contributed by atoms with Crippen LogP contribution in [0.4, 0.5) is 11.5 Å². The summed E-state index contributed by atoms with van der Waals surface area (Å²) in [6.07, 6.45) is 3.42. The minimum Gasteiger partial charge on any atom is -0.367 e. The molecule has 38 heavy (non-hydrogen) atoms. The van der Waals surface area contributed by atoms with Crippen molar-refractivity contribution in [2.24, 2.45) is 0 Å². The SMILES string of the molecule is O=C(NCc1ccncc1)c1cccc(CSc2nc(Cl)cc(N3CCN(c4ccccc4Cl)CC3)n2)c1. The summed E-state index contributed by atoms with van der Waals surface area (Å²) in [7, 11) is 0. The van der Waals surface area contributed by atoms with E-state index in [0.29, 0.717) is 28.2 Å². The summed E-state index contributed by atoms with van der Waals surface area (Å²) in [5, 5.41) is 4.73. The summed E-state index contributed by atoms with van der Waals surface area (Å²) < 4.78 is 0. The van der Waals surface area contributed by atoms with E-state index >= 15 is 0 Å². The molecule has 2 aromatic carbocycles. The summed E-state index contributed by atoms with van der Waals surface area (Å²) in [5.41, 5.74) is 3.67. The zero-order valence-electron chi connectivity index (χ0n) is 20.6. The molecule has 0 saturated carbocycles. The van der Waals surface area contributed by atoms with Gasteiger partial charge in [-0.25, -0.2) is 9.97 Å². The third-order valence-corrected chi connectivity index (χ3v) is 7.65. The highest BCUT2D eigenvalue weighted by molar-refractivity contribution is 7.98. The summed E-state index contributed by atoms with van der Waals surface area (Å²) in [5.74, 6) is 1.31. The van der Waals surface area contributed by atoms with E-state index in [2.05, 4.69) is 25.1 Å². The van der Waals surface area contributed by atoms with Crippen LogP contribution in [0.5, 0.6) is 0 Å². The molecule has 1 N–H and O–H groups in total. The molecule has 1 fully saturated rings. The molecule has 0 aliphatic carbocycles. The van der Waals surface area contributed by atoms with Crippen LogP contribution in [-0.2, 0) is 12.3 Å². The van der Waals surface area contributed by atoms with E-state index in [1.807, 2.05) is 66.7 Å². The van der Waals surface area contributed by atoms with Crippen molar-refractivity contribution < 1.29 is 4.79 Å². The summed E-state index contributed by atoms with van der Waals surface area (Å²) in [6, 6.07) is 21.1. The van der Waals surface area contributed by atoms with Crippen LogP contribution in [0.15, 0.2) is 84.3 Å². The van der Waals surface area contributed by atoms with Gasteiger partial charge in [0, 0.05) is 62.5 Å². The van der Waals surface area contributed by atoms with Crippen molar-refractivity contribution in [3.63, 3.8) is 0 Å². The van der Waals surface area contributed by atoms with Crippen LogP contribution in [0.2, 0.25) is 10.2 Å². The van der Waals surface area contributed by atoms with Crippen LogP contribution < -0.4 is 15.1 Å². The Morgan fingerprint density at radius 2 is 1.63 bits per heavy atom. The number of hydrogen-bond donors (Lipinski definition) is 1. The Labute approximate surface area is 236 Å². The number of thioether (sulfide) groups is 1. The molecule has 0 unspecified atom stereocenters. The molecule has 10 heteroatoms. The van der Waals surface area contributed by atoms with Gasteiger partial charge in [-0.2, -0.15) is 0 Å². The molecule has 0 bridgehead atoms. The van der Waals surface area contributed by atoms with Crippen LogP contribution >= 0.6 is 35.0 Å². The van der Waals surface area contributed by atoms with E-state index < -0.39 is 0 Å². The lowest BCUT2D eigenvalue weighted by molar-refractivity contribution is 0.0951. The smallest absolute Gasteiger partial charge is 0.251 e. The maximum Gasteiger partial charge on any atom is 0.251 e. The predicted molar refractivity (Wildman–Crippen MR) is 154 cm³/mol. The molecular formula is C28H26Cl2N6OS. The molecule has 194 valence electrons. The number of piperazine rings is 1. The molecule has 0 radical (unpaired) electrons. The van der Waals surface area contributed by atoms with Crippen LogP contribution in [0.25, 0.3) is 0 Å². The molecule has 2 aromatic heterocycles. The molecule has 1 amide bonds. The standard InChI is InChI=1S/C28H26Cl2N6OS/c29-23-6-1-2-7-24(23)35-12-14-36(15-13-35)26-17-25(30)33-28(34-26)38-19-21-4-3-5-22(16-21)27(37)32-18-20-8-10-31-11-9-20/h1-11,16-17H,12-15,18-19H2,(H,32,37). The molecule has 3 heterocycles. The molecule has 7 nitrogen and oxygen atoms in total. The number of benzene rings is 2. The van der Waals surface area contributed by atoms with Crippen LogP contribution in [0.3, 0.4) is 0 Å². The van der Waals surface area contributed by atoms with Crippen molar-refractivity contribution in [2.45, 2.75) is 17.5 Å². The third kappa shape index (κ3) is 6.75. The van der Waals surface area contributed by atoms with E-state index in [1.165, 1.54) is 11.8 Å². The van der Waals surface area contributed by atoms with E-state index in [0.717, 1.165) is 53.8 Å². The minimum absolute atomic E-state index is 0.120. The zero-order chi connectivity index (χ0) is 26.3. The fourth-order valence-electron chi connectivity index (χ4n) is 4.23. The van der Waals surface area contributed by atoms with Crippen LogP contribution in [-0.4, -0.2) is 47.0 Å². The first-order valence-corrected chi connectivity index (χ1v) is 14.0. The number of rotatable bonds is 8. The number of carbonyl (C=O) groups excluding carboxylic acids is 1. The van der Waals surface area contributed by atoms with E-state index in [4.69, 9.17) is 28.2 Å². The lowest BCUT2D eigenvalue weighted by Gasteiger charge is -2.37. The fraction of sp³-hybridized carbons (Fsp3) is 0.214. The number of halogens is 2. The third-order valence-electron chi connectivity index (χ3n) is 6.22. The van der Waals surface area contributed by atoms with Gasteiger partial charge in [0.05, 0.1) is 10.7 Å². The Hall–Kier alpha value is -3.33. The molecule has 4 aromatic rings. The maximum absolute atomic E-state index is 12.6. The Bertz CT molecular complexity index is 1400. The molecular weight excluding hydrogens is 539 g/mol. The summed E-state index contributed by atoms with van der Waals surface area (Å²) >= 11 is 14.3. The highest BCUT2D eigenvalue weighted by Crippen LogP contribution is 2.29. The van der Waals surface area contributed by atoms with Crippen molar-refractivity contribution in [3.05, 3.63) is 106 Å². The Kier molecular flexibility index (Phi) is 8.63. The van der Waals surface area contributed by atoms with E-state index in [1.54, 1.807) is 12.4 Å². The average molecular weight is 566 g/mol. The number of anilines is 2. The van der Waals surface area contributed by atoms with Gasteiger partial charge in [-0.15, -0.1) is 0 Å². The largest absolute Gasteiger partial charge is 0.367 e. The first kappa shape index (κ1) is 26.3. The number of carbonyl (C=O) groups is 1. The van der Waals surface area contributed by atoms with Gasteiger partial charge in [0.2, 0.25) is 0 Å². The predicted octanol–water partition coefficient (Wildman–Crippen LogP) is 5.73. The monoisotopic (exact) mass is 564 g/mol. The number of pyridine rings is 1. The minimum atomic E-state index is -0.120. The Morgan fingerprint density at radius 3 is 2.42 bits per heavy atom. The topological polar surface area (TPSA) is 74.2 Å². The first-order valence-electron chi connectivity index (χ1n) is 12.2. The molecule has 1 saturated heterocycles. The van der Waals surface area contributed by atoms with Gasteiger partial charge in [-0.05, 0) is 47.5 Å². The van der Waals surface area contributed by atoms with Gasteiger partial charge in [0.25, 0.3) is 5.91 Å². The fourth-order valence-corrected chi connectivity index (χ4v) is 5.51. The number of nitrogens with zero attached hydrogens (tertiary/aromatic N) is 5. The van der Waals surface area contributed by atoms with Gasteiger partial charge >= 0.3 is 0 Å². The van der Waals surface area contributed by atoms with Gasteiger partial charge < -0.3 is 15.1 Å². The lowest BCUT2D eigenvalue weighted by Crippen LogP contribution is -2.47. The van der Waals surface area contributed by atoms with Gasteiger partial charge in [0.1, 0.15) is 11.0 Å². The molecule has 5 rings (SSSR count). The quantitative estimate of drug-likeness (QED) is 0.166. The molecule has 0 spiro atoms. The number of hydrogen-bond acceptors (Lipinski definition) is 7.